The minimum atomic E-state index is -4.52. The summed E-state index contributed by atoms with van der Waals surface area (Å²) in [6.45, 7) is 2.11. The predicted octanol–water partition coefficient (Wildman–Crippen LogP) is 5.29. The van der Waals surface area contributed by atoms with E-state index in [0.717, 1.165) is 34.5 Å². The molecule has 0 radical (unpaired) electrons. The Labute approximate surface area is 177 Å². The SMILES string of the molecule is Cc1ccc(NC(=O)c2cccc(C(F)(F)F)c2)cc1-c1cncc(N(C)CC#N)c1. The molecule has 0 fully saturated rings. The number of amides is 1. The highest BCUT2D eigenvalue weighted by molar-refractivity contribution is 6.04. The van der Waals surface area contributed by atoms with Gasteiger partial charge in [0.05, 0.1) is 23.5 Å². The van der Waals surface area contributed by atoms with Gasteiger partial charge in [0.15, 0.2) is 0 Å². The molecule has 1 N–H and O–H groups in total. The lowest BCUT2D eigenvalue weighted by atomic mass is 10.0. The molecule has 1 aromatic heterocycles. The molecule has 0 spiro atoms. The number of rotatable bonds is 5. The van der Waals surface area contributed by atoms with E-state index in [0.29, 0.717) is 5.69 Å². The summed E-state index contributed by atoms with van der Waals surface area (Å²) < 4.78 is 38.8. The molecule has 0 saturated carbocycles. The summed E-state index contributed by atoms with van der Waals surface area (Å²) in [5.41, 5.74) is 2.76. The van der Waals surface area contributed by atoms with Crippen LogP contribution in [0.4, 0.5) is 24.5 Å². The van der Waals surface area contributed by atoms with Crippen molar-refractivity contribution in [1.29, 1.82) is 5.26 Å². The van der Waals surface area contributed by atoms with Crippen molar-refractivity contribution in [3.05, 3.63) is 77.6 Å². The molecule has 0 bridgehead atoms. The highest BCUT2D eigenvalue weighted by Gasteiger charge is 2.30. The van der Waals surface area contributed by atoms with E-state index in [2.05, 4.69) is 16.4 Å². The van der Waals surface area contributed by atoms with E-state index < -0.39 is 17.6 Å². The molecule has 8 heteroatoms. The molecule has 0 aliphatic rings. The summed E-state index contributed by atoms with van der Waals surface area (Å²) in [4.78, 5) is 18.5. The summed E-state index contributed by atoms with van der Waals surface area (Å²) in [6.07, 6.45) is -1.20. The second-order valence-electron chi connectivity index (χ2n) is 7.01. The van der Waals surface area contributed by atoms with Crippen molar-refractivity contribution >= 4 is 17.3 Å². The normalized spacial score (nSPS) is 11.0. The van der Waals surface area contributed by atoms with E-state index in [-0.39, 0.29) is 12.1 Å². The minimum Gasteiger partial charge on any atom is -0.360 e. The zero-order valence-electron chi connectivity index (χ0n) is 16.9. The Hall–Kier alpha value is -3.86. The Bertz CT molecular complexity index is 1150. The molecule has 31 heavy (non-hydrogen) atoms. The maximum Gasteiger partial charge on any atom is 0.416 e. The molecule has 0 atom stereocenters. The third-order valence-electron chi connectivity index (χ3n) is 4.73. The van der Waals surface area contributed by atoms with Gasteiger partial charge in [0, 0.05) is 30.1 Å². The molecular weight excluding hydrogens is 405 g/mol. The Morgan fingerprint density at radius 2 is 1.94 bits per heavy atom. The van der Waals surface area contributed by atoms with E-state index in [1.54, 1.807) is 36.5 Å². The van der Waals surface area contributed by atoms with Crippen LogP contribution in [0.1, 0.15) is 21.5 Å². The molecule has 0 aliphatic heterocycles. The molecule has 0 unspecified atom stereocenters. The first-order valence-corrected chi connectivity index (χ1v) is 9.32. The maximum absolute atomic E-state index is 12.9. The fourth-order valence-corrected chi connectivity index (χ4v) is 3.03. The van der Waals surface area contributed by atoms with Gasteiger partial charge in [-0.2, -0.15) is 18.4 Å². The highest BCUT2D eigenvalue weighted by Crippen LogP contribution is 2.31. The Morgan fingerprint density at radius 1 is 1.16 bits per heavy atom. The molecule has 3 rings (SSSR count). The molecule has 0 aliphatic carbocycles. The van der Waals surface area contributed by atoms with Gasteiger partial charge in [0.2, 0.25) is 0 Å². The van der Waals surface area contributed by atoms with Crippen molar-refractivity contribution < 1.29 is 18.0 Å². The fraction of sp³-hybridized carbons (Fsp3) is 0.174. The first-order valence-electron chi connectivity index (χ1n) is 9.32. The smallest absolute Gasteiger partial charge is 0.360 e. The van der Waals surface area contributed by atoms with Crippen LogP contribution in [0.5, 0.6) is 0 Å². The molecule has 0 saturated heterocycles. The Balaban J connectivity index is 1.88. The molecule has 158 valence electrons. The average Bonchev–Trinajstić information content (AvgIpc) is 2.75. The largest absolute Gasteiger partial charge is 0.416 e. The van der Waals surface area contributed by atoms with Gasteiger partial charge >= 0.3 is 6.18 Å². The third kappa shape index (κ3) is 5.20. The predicted molar refractivity (Wildman–Crippen MR) is 113 cm³/mol. The lowest BCUT2D eigenvalue weighted by Crippen LogP contribution is -2.17. The number of aryl methyl sites for hydroxylation is 1. The van der Waals surface area contributed by atoms with Gasteiger partial charge in [0.25, 0.3) is 5.91 Å². The van der Waals surface area contributed by atoms with E-state index in [9.17, 15) is 18.0 Å². The number of nitriles is 1. The number of nitrogens with zero attached hydrogens (tertiary/aromatic N) is 3. The Kier molecular flexibility index (Phi) is 6.25. The van der Waals surface area contributed by atoms with Crippen molar-refractivity contribution in [1.82, 2.24) is 4.98 Å². The summed E-state index contributed by atoms with van der Waals surface area (Å²) in [6, 6.07) is 13.5. The second kappa shape index (κ2) is 8.88. The number of carbonyl (C=O) groups is 1. The summed E-state index contributed by atoms with van der Waals surface area (Å²) in [5.74, 6) is -0.637. The maximum atomic E-state index is 12.9. The van der Waals surface area contributed by atoms with Crippen molar-refractivity contribution in [2.45, 2.75) is 13.1 Å². The van der Waals surface area contributed by atoms with Gasteiger partial charge in [0.1, 0.15) is 6.54 Å². The zero-order valence-corrected chi connectivity index (χ0v) is 16.9. The van der Waals surface area contributed by atoms with Crippen LogP contribution in [-0.2, 0) is 6.18 Å². The number of alkyl halides is 3. The molecule has 1 heterocycles. The number of benzene rings is 2. The summed E-state index contributed by atoms with van der Waals surface area (Å²) >= 11 is 0. The van der Waals surface area contributed by atoms with E-state index in [1.165, 1.54) is 12.1 Å². The number of nitrogens with one attached hydrogen (secondary N) is 1. The van der Waals surface area contributed by atoms with Gasteiger partial charge in [-0.1, -0.05) is 12.1 Å². The number of hydrogen-bond donors (Lipinski definition) is 1. The Morgan fingerprint density at radius 3 is 2.65 bits per heavy atom. The number of aromatic nitrogens is 1. The summed E-state index contributed by atoms with van der Waals surface area (Å²) in [5, 5.41) is 11.5. The monoisotopic (exact) mass is 424 g/mol. The van der Waals surface area contributed by atoms with Crippen molar-refractivity contribution in [2.24, 2.45) is 0 Å². The second-order valence-corrected chi connectivity index (χ2v) is 7.01. The number of carbonyl (C=O) groups excluding carboxylic acids is 1. The zero-order chi connectivity index (χ0) is 22.6. The first kappa shape index (κ1) is 21.8. The van der Waals surface area contributed by atoms with Crippen molar-refractivity contribution in [2.75, 3.05) is 23.8 Å². The van der Waals surface area contributed by atoms with Crippen molar-refractivity contribution in [3.8, 4) is 17.2 Å². The number of pyridine rings is 1. The van der Waals surface area contributed by atoms with E-state index in [1.807, 2.05) is 19.1 Å². The van der Waals surface area contributed by atoms with E-state index >= 15 is 0 Å². The minimum absolute atomic E-state index is 0.0845. The fourth-order valence-electron chi connectivity index (χ4n) is 3.03. The average molecular weight is 424 g/mol. The molecule has 5 nitrogen and oxygen atoms in total. The molecule has 2 aromatic carbocycles. The third-order valence-corrected chi connectivity index (χ3v) is 4.73. The number of hydrogen-bond acceptors (Lipinski definition) is 4. The number of anilines is 2. The molecular formula is C23H19F3N4O. The highest BCUT2D eigenvalue weighted by atomic mass is 19.4. The van der Waals surface area contributed by atoms with Gasteiger partial charge in [-0.05, 0) is 54.4 Å². The van der Waals surface area contributed by atoms with Crippen LogP contribution in [0, 0.1) is 18.3 Å². The quantitative estimate of drug-likeness (QED) is 0.565. The van der Waals surface area contributed by atoms with Gasteiger partial charge in [-0.25, -0.2) is 0 Å². The number of halogens is 3. The van der Waals surface area contributed by atoms with Crippen LogP contribution in [0.25, 0.3) is 11.1 Å². The van der Waals surface area contributed by atoms with Crippen LogP contribution < -0.4 is 10.2 Å². The summed E-state index contributed by atoms with van der Waals surface area (Å²) in [7, 11) is 1.78. The van der Waals surface area contributed by atoms with Crippen molar-refractivity contribution in [3.63, 3.8) is 0 Å². The van der Waals surface area contributed by atoms with Crippen LogP contribution >= 0.6 is 0 Å². The van der Waals surface area contributed by atoms with E-state index in [4.69, 9.17) is 5.26 Å². The topological polar surface area (TPSA) is 69.0 Å². The van der Waals surface area contributed by atoms with Gasteiger partial charge in [-0.3, -0.25) is 9.78 Å². The van der Waals surface area contributed by atoms with Gasteiger partial charge < -0.3 is 10.2 Å². The van der Waals surface area contributed by atoms with Crippen LogP contribution in [0.2, 0.25) is 0 Å². The molecule has 1 amide bonds. The van der Waals surface area contributed by atoms with Gasteiger partial charge in [-0.15, -0.1) is 0 Å². The standard InChI is InChI=1S/C23H19F3N4O/c1-15-6-7-19(29-22(31)16-4-3-5-18(10-16)23(24,25)26)12-21(15)17-11-20(14-28-13-17)30(2)9-8-27/h3-7,10-14H,9H2,1-2H3,(H,29,31). The van der Waals surface area contributed by atoms with Crippen LogP contribution in [0.15, 0.2) is 60.9 Å². The lowest BCUT2D eigenvalue weighted by Gasteiger charge is -2.16. The van der Waals surface area contributed by atoms with Crippen LogP contribution in [0.3, 0.4) is 0 Å². The lowest BCUT2D eigenvalue weighted by molar-refractivity contribution is -0.137. The first-order chi connectivity index (χ1) is 14.7. The molecule has 3 aromatic rings. The van der Waals surface area contributed by atoms with Crippen LogP contribution in [-0.4, -0.2) is 24.5 Å².